The molecule has 26 heavy (non-hydrogen) atoms. The van der Waals surface area contributed by atoms with E-state index in [9.17, 15) is 13.2 Å². The first-order valence-corrected chi connectivity index (χ1v) is 11.5. The Morgan fingerprint density at radius 1 is 1.35 bits per heavy atom. The minimum Gasteiger partial charge on any atom is -0.319 e. The molecule has 6 nitrogen and oxygen atoms in total. The zero-order chi connectivity index (χ0) is 18.7. The number of hydrogen-bond acceptors (Lipinski definition) is 6. The average Bonchev–Trinajstić information content (AvgIpc) is 3.24. The Morgan fingerprint density at radius 2 is 2.15 bits per heavy atom. The molecule has 0 aliphatic rings. The standard InChI is InChI=1S/C17H19N3O3S3/c1-2-3-8-20-14-10-12(26(18,22)23)6-7-13(14)19-17(20)25-11-15(21)16-5-4-9-24-16/h4-7,9-10H,2-3,8,11H2,1H3,(H2,18,22,23). The molecule has 0 saturated heterocycles. The van der Waals surface area contributed by atoms with Crippen molar-refractivity contribution in [2.45, 2.75) is 36.4 Å². The van der Waals surface area contributed by atoms with Crippen molar-refractivity contribution < 1.29 is 13.2 Å². The van der Waals surface area contributed by atoms with E-state index in [0.717, 1.165) is 23.2 Å². The Labute approximate surface area is 160 Å². The number of fused-ring (bicyclic) bond motifs is 1. The Kier molecular flexibility index (Phi) is 5.81. The van der Waals surface area contributed by atoms with Crippen LogP contribution >= 0.6 is 23.1 Å². The molecule has 0 radical (unpaired) electrons. The number of sulfonamides is 1. The predicted octanol–water partition coefficient (Wildman–Crippen LogP) is 3.52. The lowest BCUT2D eigenvalue weighted by Crippen LogP contribution is -2.12. The van der Waals surface area contributed by atoms with Crippen molar-refractivity contribution in [1.29, 1.82) is 0 Å². The number of rotatable bonds is 8. The van der Waals surface area contributed by atoms with E-state index in [2.05, 4.69) is 11.9 Å². The first-order valence-electron chi connectivity index (χ1n) is 8.12. The van der Waals surface area contributed by atoms with E-state index in [4.69, 9.17) is 5.14 Å². The number of primary sulfonamides is 1. The van der Waals surface area contributed by atoms with Gasteiger partial charge in [-0.05, 0) is 36.1 Å². The molecule has 3 rings (SSSR count). The third kappa shape index (κ3) is 4.17. The number of hydrogen-bond donors (Lipinski definition) is 1. The van der Waals surface area contributed by atoms with Gasteiger partial charge in [0.05, 0.1) is 26.6 Å². The van der Waals surface area contributed by atoms with E-state index in [1.165, 1.54) is 29.2 Å². The maximum Gasteiger partial charge on any atom is 0.238 e. The van der Waals surface area contributed by atoms with E-state index in [1.54, 1.807) is 12.1 Å². The minimum atomic E-state index is -3.78. The number of ketones is 1. The summed E-state index contributed by atoms with van der Waals surface area (Å²) in [7, 11) is -3.78. The van der Waals surface area contributed by atoms with Crippen LogP contribution in [0.25, 0.3) is 11.0 Å². The fraction of sp³-hybridized carbons (Fsp3) is 0.294. The van der Waals surface area contributed by atoms with Crippen LogP contribution in [-0.2, 0) is 16.6 Å². The Bertz CT molecular complexity index is 1020. The largest absolute Gasteiger partial charge is 0.319 e. The summed E-state index contributed by atoms with van der Waals surface area (Å²) in [6.07, 6.45) is 1.92. The third-order valence-electron chi connectivity index (χ3n) is 3.88. The van der Waals surface area contributed by atoms with Gasteiger partial charge in [0.1, 0.15) is 0 Å². The van der Waals surface area contributed by atoms with Crippen molar-refractivity contribution in [3.05, 3.63) is 40.6 Å². The molecule has 9 heteroatoms. The van der Waals surface area contributed by atoms with Crippen molar-refractivity contribution in [3.63, 3.8) is 0 Å². The monoisotopic (exact) mass is 409 g/mol. The van der Waals surface area contributed by atoms with Crippen molar-refractivity contribution in [1.82, 2.24) is 9.55 Å². The molecule has 3 aromatic rings. The van der Waals surface area contributed by atoms with Crippen LogP contribution < -0.4 is 5.14 Å². The van der Waals surface area contributed by atoms with E-state index in [1.807, 2.05) is 22.1 Å². The summed E-state index contributed by atoms with van der Waals surface area (Å²) < 4.78 is 25.3. The zero-order valence-corrected chi connectivity index (χ0v) is 16.7. The van der Waals surface area contributed by atoms with E-state index < -0.39 is 10.0 Å². The Morgan fingerprint density at radius 3 is 2.81 bits per heavy atom. The second-order valence-corrected chi connectivity index (χ2v) is 9.24. The molecule has 138 valence electrons. The number of benzene rings is 1. The lowest BCUT2D eigenvalue weighted by molar-refractivity contribution is 0.102. The third-order valence-corrected chi connectivity index (χ3v) is 6.68. The number of aromatic nitrogens is 2. The van der Waals surface area contributed by atoms with Crippen LogP contribution in [-0.4, -0.2) is 29.5 Å². The van der Waals surface area contributed by atoms with Gasteiger partial charge in [0.15, 0.2) is 10.9 Å². The van der Waals surface area contributed by atoms with Crippen LogP contribution in [0.15, 0.2) is 45.8 Å². The maximum atomic E-state index is 12.3. The fourth-order valence-corrected chi connectivity index (χ4v) is 4.75. The second-order valence-electron chi connectivity index (χ2n) is 5.78. The highest BCUT2D eigenvalue weighted by Crippen LogP contribution is 2.27. The van der Waals surface area contributed by atoms with Crippen LogP contribution in [0.4, 0.5) is 0 Å². The molecule has 0 bridgehead atoms. The summed E-state index contributed by atoms with van der Waals surface area (Å²) in [6.45, 7) is 2.79. The molecule has 0 unspecified atom stereocenters. The van der Waals surface area contributed by atoms with Gasteiger partial charge in [0.25, 0.3) is 0 Å². The molecule has 2 aromatic heterocycles. The number of carbonyl (C=O) groups excluding carboxylic acids is 1. The van der Waals surface area contributed by atoms with Crippen molar-refractivity contribution in [2.24, 2.45) is 5.14 Å². The smallest absolute Gasteiger partial charge is 0.238 e. The van der Waals surface area contributed by atoms with E-state index >= 15 is 0 Å². The molecule has 2 heterocycles. The highest BCUT2D eigenvalue weighted by molar-refractivity contribution is 7.99. The topological polar surface area (TPSA) is 95.0 Å². The average molecular weight is 410 g/mol. The number of Topliss-reactive ketones (excluding diaryl/α,β-unsaturated/α-hetero) is 1. The Hall–Kier alpha value is -1.68. The van der Waals surface area contributed by atoms with Gasteiger partial charge in [-0.2, -0.15) is 0 Å². The molecule has 0 fully saturated rings. The number of aryl methyl sites for hydroxylation is 1. The number of thiophene rings is 1. The predicted molar refractivity (Wildman–Crippen MR) is 105 cm³/mol. The Balaban J connectivity index is 1.94. The summed E-state index contributed by atoms with van der Waals surface area (Å²) in [5.41, 5.74) is 1.41. The molecule has 0 aliphatic carbocycles. The van der Waals surface area contributed by atoms with Crippen LogP contribution in [0.3, 0.4) is 0 Å². The maximum absolute atomic E-state index is 12.3. The zero-order valence-electron chi connectivity index (χ0n) is 14.2. The van der Waals surface area contributed by atoms with Gasteiger partial charge in [-0.1, -0.05) is 31.2 Å². The number of unbranched alkanes of at least 4 members (excludes halogenated alkanes) is 1. The quantitative estimate of drug-likeness (QED) is 0.454. The molecule has 0 atom stereocenters. The molecule has 0 amide bonds. The van der Waals surface area contributed by atoms with E-state index in [0.29, 0.717) is 17.2 Å². The minimum absolute atomic E-state index is 0.0596. The lowest BCUT2D eigenvalue weighted by Gasteiger charge is -2.08. The summed E-state index contributed by atoms with van der Waals surface area (Å²) in [5, 5.41) is 7.84. The van der Waals surface area contributed by atoms with Crippen LogP contribution in [0.5, 0.6) is 0 Å². The second kappa shape index (κ2) is 7.91. The summed E-state index contributed by atoms with van der Waals surface area (Å²) in [4.78, 5) is 17.6. The van der Waals surface area contributed by atoms with Gasteiger partial charge in [-0.25, -0.2) is 18.5 Å². The van der Waals surface area contributed by atoms with Gasteiger partial charge in [0, 0.05) is 6.54 Å². The fourth-order valence-electron chi connectivity index (χ4n) is 2.54. The number of thioether (sulfide) groups is 1. The SMILES string of the molecule is CCCCn1c(SCC(=O)c2cccs2)nc2ccc(S(N)(=O)=O)cc21. The molecule has 0 spiro atoms. The number of imidazole rings is 1. The van der Waals surface area contributed by atoms with Gasteiger partial charge in [-0.3, -0.25) is 4.79 Å². The van der Waals surface area contributed by atoms with Gasteiger partial charge < -0.3 is 4.57 Å². The van der Waals surface area contributed by atoms with Crippen molar-refractivity contribution in [2.75, 3.05) is 5.75 Å². The molecule has 0 saturated carbocycles. The number of nitrogens with zero attached hydrogens (tertiary/aromatic N) is 2. The van der Waals surface area contributed by atoms with Crippen molar-refractivity contribution in [3.8, 4) is 0 Å². The molecule has 0 aliphatic heterocycles. The molecule has 2 N–H and O–H groups in total. The van der Waals surface area contributed by atoms with Crippen LogP contribution in [0.2, 0.25) is 0 Å². The van der Waals surface area contributed by atoms with Gasteiger partial charge >= 0.3 is 0 Å². The highest BCUT2D eigenvalue weighted by atomic mass is 32.2. The normalized spacial score (nSPS) is 11.9. The first kappa shape index (κ1) is 19.1. The van der Waals surface area contributed by atoms with E-state index in [-0.39, 0.29) is 16.4 Å². The molecule has 1 aromatic carbocycles. The van der Waals surface area contributed by atoms with Gasteiger partial charge in [-0.15, -0.1) is 11.3 Å². The first-order chi connectivity index (χ1) is 12.4. The van der Waals surface area contributed by atoms with Crippen molar-refractivity contribution >= 4 is 49.9 Å². The lowest BCUT2D eigenvalue weighted by atomic mass is 10.3. The molecular formula is C17H19N3O3S3. The molecular weight excluding hydrogens is 390 g/mol. The van der Waals surface area contributed by atoms with Crippen LogP contribution in [0, 0.1) is 0 Å². The summed E-state index contributed by atoms with van der Waals surface area (Å²) >= 11 is 2.79. The number of carbonyl (C=O) groups is 1. The van der Waals surface area contributed by atoms with Gasteiger partial charge in [0.2, 0.25) is 10.0 Å². The van der Waals surface area contributed by atoms with Crippen LogP contribution in [0.1, 0.15) is 29.4 Å². The summed E-state index contributed by atoms with van der Waals surface area (Å²) in [5.74, 6) is 0.349. The highest BCUT2D eigenvalue weighted by Gasteiger charge is 2.17. The number of nitrogens with two attached hydrogens (primary N) is 1. The summed E-state index contributed by atoms with van der Waals surface area (Å²) in [6, 6.07) is 8.33.